The molecule has 6 heteroatoms. The third-order valence-corrected chi connectivity index (χ3v) is 4.74. The molecule has 0 saturated carbocycles. The van der Waals surface area contributed by atoms with Crippen LogP contribution in [0.15, 0.2) is 18.2 Å². The lowest BCUT2D eigenvalue weighted by Crippen LogP contribution is -2.33. The molecule has 0 amide bonds. The number of hydrogen-bond donors (Lipinski definition) is 1. The quantitative estimate of drug-likeness (QED) is 0.838. The maximum atomic E-state index is 12.2. The fourth-order valence-electron chi connectivity index (χ4n) is 2.05. The Kier molecular flexibility index (Phi) is 5.56. The van der Waals surface area contributed by atoms with Crippen molar-refractivity contribution < 1.29 is 18.3 Å². The number of carboxylic acids is 1. The van der Waals surface area contributed by atoms with Crippen LogP contribution in [0.25, 0.3) is 0 Å². The summed E-state index contributed by atoms with van der Waals surface area (Å²) in [5, 5.41) is 8.68. The highest BCUT2D eigenvalue weighted by Gasteiger charge is 2.20. The average molecular weight is 299 g/mol. The van der Waals surface area contributed by atoms with Gasteiger partial charge in [-0.25, -0.2) is 8.42 Å². The lowest BCUT2D eigenvalue weighted by Gasteiger charge is -2.24. The molecule has 1 aromatic rings. The van der Waals surface area contributed by atoms with Crippen molar-refractivity contribution in [1.82, 2.24) is 0 Å². The lowest BCUT2D eigenvalue weighted by molar-refractivity contribution is -0.137. The third-order valence-electron chi connectivity index (χ3n) is 2.95. The zero-order chi connectivity index (χ0) is 15.3. The number of benzene rings is 1. The van der Waals surface area contributed by atoms with Crippen LogP contribution in [0, 0.1) is 13.8 Å². The Morgan fingerprint density at radius 3 is 2.20 bits per heavy atom. The predicted octanol–water partition coefficient (Wildman–Crippen LogP) is 2.32. The van der Waals surface area contributed by atoms with Crippen molar-refractivity contribution in [3.05, 3.63) is 29.3 Å². The van der Waals surface area contributed by atoms with E-state index in [-0.39, 0.29) is 18.7 Å². The van der Waals surface area contributed by atoms with Crippen LogP contribution in [0.1, 0.15) is 30.9 Å². The third kappa shape index (κ3) is 4.52. The fourth-order valence-corrected chi connectivity index (χ4v) is 3.20. The van der Waals surface area contributed by atoms with Crippen LogP contribution in [-0.2, 0) is 14.8 Å². The Balaban J connectivity index is 3.07. The Morgan fingerprint density at radius 2 is 1.75 bits per heavy atom. The molecule has 1 aromatic carbocycles. The predicted molar refractivity (Wildman–Crippen MR) is 79.6 cm³/mol. The molecule has 0 fully saturated rings. The van der Waals surface area contributed by atoms with Crippen LogP contribution in [-0.4, -0.2) is 31.8 Å². The van der Waals surface area contributed by atoms with E-state index in [2.05, 4.69) is 0 Å². The van der Waals surface area contributed by atoms with Crippen molar-refractivity contribution in [1.29, 1.82) is 0 Å². The first kappa shape index (κ1) is 16.5. The van der Waals surface area contributed by atoms with E-state index in [1.807, 2.05) is 19.9 Å². The summed E-state index contributed by atoms with van der Waals surface area (Å²) in [6, 6.07) is 5.58. The number of hydrogen-bond acceptors (Lipinski definition) is 3. The normalized spacial score (nSPS) is 11.3. The van der Waals surface area contributed by atoms with Gasteiger partial charge in [0.2, 0.25) is 10.0 Å². The molecule has 0 bridgehead atoms. The maximum Gasteiger partial charge on any atom is 0.303 e. The first-order valence-corrected chi connectivity index (χ1v) is 8.17. The minimum absolute atomic E-state index is 0.00688. The second-order valence-electron chi connectivity index (χ2n) is 4.82. The van der Waals surface area contributed by atoms with Crippen molar-refractivity contribution in [2.45, 2.75) is 33.6 Å². The number of sulfonamides is 1. The maximum absolute atomic E-state index is 12.2. The summed E-state index contributed by atoms with van der Waals surface area (Å²) >= 11 is 0. The summed E-state index contributed by atoms with van der Waals surface area (Å²) in [5.74, 6) is -0.924. The largest absolute Gasteiger partial charge is 0.481 e. The van der Waals surface area contributed by atoms with Gasteiger partial charge >= 0.3 is 5.97 Å². The molecular weight excluding hydrogens is 278 g/mol. The van der Waals surface area contributed by atoms with Crippen LogP contribution < -0.4 is 4.31 Å². The van der Waals surface area contributed by atoms with Crippen molar-refractivity contribution in [2.75, 3.05) is 16.6 Å². The van der Waals surface area contributed by atoms with Gasteiger partial charge in [0, 0.05) is 13.0 Å². The molecule has 0 saturated heterocycles. The molecule has 1 rings (SSSR count). The van der Waals surface area contributed by atoms with Crippen LogP contribution >= 0.6 is 0 Å². The number of nitrogens with zero attached hydrogens (tertiary/aromatic N) is 1. The molecular formula is C14H21NO4S. The molecule has 0 radical (unpaired) electrons. The van der Waals surface area contributed by atoms with Gasteiger partial charge in [-0.3, -0.25) is 9.10 Å². The molecule has 0 spiro atoms. The highest BCUT2D eigenvalue weighted by Crippen LogP contribution is 2.22. The van der Waals surface area contributed by atoms with E-state index in [4.69, 9.17) is 5.11 Å². The Morgan fingerprint density at radius 1 is 1.20 bits per heavy atom. The fraction of sp³-hybridized carbons (Fsp3) is 0.500. The molecule has 5 nitrogen and oxygen atoms in total. The number of aliphatic carboxylic acids is 1. The number of aryl methyl sites for hydroxylation is 2. The molecule has 0 aliphatic carbocycles. The zero-order valence-corrected chi connectivity index (χ0v) is 12.9. The second kappa shape index (κ2) is 6.74. The van der Waals surface area contributed by atoms with Gasteiger partial charge in [0.15, 0.2) is 0 Å². The standard InChI is InChI=1S/C14H21NO4S/c1-4-20(18,19)15(7-5-6-14(16)17)13-9-11(2)8-12(3)10-13/h8-10H,4-7H2,1-3H3,(H,16,17). The average Bonchev–Trinajstić information content (AvgIpc) is 2.32. The topological polar surface area (TPSA) is 74.7 Å². The molecule has 0 heterocycles. The minimum Gasteiger partial charge on any atom is -0.481 e. The van der Waals surface area contributed by atoms with Gasteiger partial charge in [0.1, 0.15) is 0 Å². The highest BCUT2D eigenvalue weighted by atomic mass is 32.2. The minimum atomic E-state index is -3.40. The Hall–Kier alpha value is -1.56. The van der Waals surface area contributed by atoms with E-state index in [9.17, 15) is 13.2 Å². The second-order valence-corrected chi connectivity index (χ2v) is 7.00. The smallest absolute Gasteiger partial charge is 0.303 e. The van der Waals surface area contributed by atoms with E-state index in [0.29, 0.717) is 12.1 Å². The van der Waals surface area contributed by atoms with Crippen LogP contribution in [0.3, 0.4) is 0 Å². The van der Waals surface area contributed by atoms with E-state index < -0.39 is 16.0 Å². The van der Waals surface area contributed by atoms with Gasteiger partial charge in [-0.15, -0.1) is 0 Å². The van der Waals surface area contributed by atoms with Crippen LogP contribution in [0.4, 0.5) is 5.69 Å². The number of carbonyl (C=O) groups is 1. The SMILES string of the molecule is CCS(=O)(=O)N(CCCC(=O)O)c1cc(C)cc(C)c1. The molecule has 0 aliphatic rings. The monoisotopic (exact) mass is 299 g/mol. The van der Waals surface area contributed by atoms with Gasteiger partial charge in [-0.2, -0.15) is 0 Å². The summed E-state index contributed by atoms with van der Waals surface area (Å²) in [5.41, 5.74) is 2.57. The molecule has 112 valence electrons. The molecule has 1 N–H and O–H groups in total. The zero-order valence-electron chi connectivity index (χ0n) is 12.1. The van der Waals surface area contributed by atoms with Gasteiger partial charge in [-0.05, 0) is 50.5 Å². The molecule has 20 heavy (non-hydrogen) atoms. The van der Waals surface area contributed by atoms with Crippen molar-refractivity contribution in [3.63, 3.8) is 0 Å². The van der Waals surface area contributed by atoms with Crippen molar-refractivity contribution in [3.8, 4) is 0 Å². The summed E-state index contributed by atoms with van der Waals surface area (Å²) < 4.78 is 25.7. The number of rotatable bonds is 7. The summed E-state index contributed by atoms with van der Waals surface area (Å²) in [7, 11) is -3.40. The van der Waals surface area contributed by atoms with E-state index >= 15 is 0 Å². The molecule has 0 unspecified atom stereocenters. The Bertz CT molecular complexity index is 561. The van der Waals surface area contributed by atoms with Gasteiger partial charge < -0.3 is 5.11 Å². The summed E-state index contributed by atoms with van der Waals surface area (Å²) in [6.07, 6.45) is 0.252. The van der Waals surface area contributed by atoms with E-state index in [1.54, 1.807) is 19.1 Å². The Labute approximate surface area is 120 Å². The van der Waals surface area contributed by atoms with Crippen LogP contribution in [0.5, 0.6) is 0 Å². The molecule has 0 aliphatic heterocycles. The first-order chi connectivity index (χ1) is 9.26. The van der Waals surface area contributed by atoms with Gasteiger partial charge in [0.05, 0.1) is 11.4 Å². The van der Waals surface area contributed by atoms with E-state index in [1.165, 1.54) is 4.31 Å². The number of carboxylic acid groups (broad SMARTS) is 1. The summed E-state index contributed by atoms with van der Waals surface area (Å²) in [6.45, 7) is 5.59. The first-order valence-electron chi connectivity index (χ1n) is 6.56. The number of anilines is 1. The lowest BCUT2D eigenvalue weighted by atomic mass is 10.1. The molecule has 0 atom stereocenters. The summed E-state index contributed by atoms with van der Waals surface area (Å²) in [4.78, 5) is 10.6. The molecule has 0 aromatic heterocycles. The van der Waals surface area contributed by atoms with Gasteiger partial charge in [-0.1, -0.05) is 6.07 Å². The highest BCUT2D eigenvalue weighted by molar-refractivity contribution is 7.92. The van der Waals surface area contributed by atoms with Crippen LogP contribution in [0.2, 0.25) is 0 Å². The van der Waals surface area contributed by atoms with Crippen molar-refractivity contribution in [2.24, 2.45) is 0 Å². The van der Waals surface area contributed by atoms with E-state index in [0.717, 1.165) is 11.1 Å². The van der Waals surface area contributed by atoms with Gasteiger partial charge in [0.25, 0.3) is 0 Å². The van der Waals surface area contributed by atoms with Crippen molar-refractivity contribution >= 4 is 21.7 Å².